The van der Waals surface area contributed by atoms with Gasteiger partial charge in [0, 0.05) is 11.4 Å². The maximum absolute atomic E-state index is 11.9. The molecule has 5 nitrogen and oxygen atoms in total. The van der Waals surface area contributed by atoms with Crippen LogP contribution in [0, 0.1) is 0 Å². The first kappa shape index (κ1) is 16.0. The van der Waals surface area contributed by atoms with Gasteiger partial charge in [-0.05, 0) is 37.4 Å². The van der Waals surface area contributed by atoms with Crippen LogP contribution in [0.4, 0.5) is 5.82 Å². The van der Waals surface area contributed by atoms with E-state index in [0.717, 1.165) is 23.1 Å². The molecule has 0 aromatic carbocycles. The Morgan fingerprint density at radius 3 is 2.86 bits per heavy atom. The van der Waals surface area contributed by atoms with Gasteiger partial charge < -0.3 is 10.6 Å². The maximum Gasteiger partial charge on any atom is 0.242 e. The smallest absolute Gasteiger partial charge is 0.242 e. The van der Waals surface area contributed by atoms with Crippen molar-refractivity contribution in [3.63, 3.8) is 0 Å². The molecule has 0 radical (unpaired) electrons. The number of thiophene rings is 1. The summed E-state index contributed by atoms with van der Waals surface area (Å²) in [6, 6.07) is 1.67. The molecular weight excluding hydrogens is 308 g/mol. The van der Waals surface area contributed by atoms with E-state index in [2.05, 4.69) is 33.6 Å². The SMILES string of the molecule is CCCNC(=O)C(C)Nc1nc(Cl)nc2sc(CC)cc12. The van der Waals surface area contributed by atoms with Gasteiger partial charge in [0.2, 0.25) is 11.2 Å². The molecule has 0 fully saturated rings. The van der Waals surface area contributed by atoms with Crippen LogP contribution in [0.15, 0.2) is 6.07 Å². The predicted molar refractivity (Wildman–Crippen MR) is 88.2 cm³/mol. The van der Waals surface area contributed by atoms with Crippen LogP contribution in [0.25, 0.3) is 10.2 Å². The summed E-state index contributed by atoms with van der Waals surface area (Å²) < 4.78 is 0. The third-order valence-electron chi connectivity index (χ3n) is 3.06. The highest BCUT2D eigenvalue weighted by Crippen LogP contribution is 2.30. The van der Waals surface area contributed by atoms with Crippen molar-refractivity contribution < 1.29 is 4.79 Å². The van der Waals surface area contributed by atoms with Crippen molar-refractivity contribution in [2.75, 3.05) is 11.9 Å². The molecule has 0 bridgehead atoms. The minimum Gasteiger partial charge on any atom is -0.358 e. The molecule has 0 aliphatic rings. The number of aromatic nitrogens is 2. The van der Waals surface area contributed by atoms with E-state index in [1.54, 1.807) is 18.3 Å². The van der Waals surface area contributed by atoms with Crippen LogP contribution in [0.1, 0.15) is 32.1 Å². The Balaban J connectivity index is 2.24. The molecule has 0 aliphatic heterocycles. The minimum atomic E-state index is -0.379. The molecule has 7 heteroatoms. The first-order valence-corrected chi connectivity index (χ1v) is 8.24. The second-order valence-electron chi connectivity index (χ2n) is 4.78. The van der Waals surface area contributed by atoms with Crippen LogP contribution in [0.2, 0.25) is 5.28 Å². The summed E-state index contributed by atoms with van der Waals surface area (Å²) in [4.78, 5) is 22.5. The molecular formula is C14H19ClN4OS. The molecule has 2 heterocycles. The number of carbonyl (C=O) groups is 1. The van der Waals surface area contributed by atoms with Gasteiger partial charge in [0.05, 0.1) is 5.39 Å². The number of hydrogen-bond acceptors (Lipinski definition) is 5. The van der Waals surface area contributed by atoms with Crippen LogP contribution >= 0.6 is 22.9 Å². The molecule has 1 atom stereocenters. The molecule has 21 heavy (non-hydrogen) atoms. The summed E-state index contributed by atoms with van der Waals surface area (Å²) >= 11 is 7.57. The molecule has 1 unspecified atom stereocenters. The Kier molecular flexibility index (Phi) is 5.36. The van der Waals surface area contributed by atoms with Crippen LogP contribution in [-0.4, -0.2) is 28.5 Å². The largest absolute Gasteiger partial charge is 0.358 e. The van der Waals surface area contributed by atoms with Gasteiger partial charge in [0.15, 0.2) is 0 Å². The molecule has 2 N–H and O–H groups in total. The third-order valence-corrected chi connectivity index (χ3v) is 4.40. The average molecular weight is 327 g/mol. The van der Waals surface area contributed by atoms with Crippen molar-refractivity contribution in [1.82, 2.24) is 15.3 Å². The lowest BCUT2D eigenvalue weighted by Gasteiger charge is -2.14. The second-order valence-corrected chi connectivity index (χ2v) is 6.24. The molecule has 2 rings (SSSR count). The van der Waals surface area contributed by atoms with E-state index < -0.39 is 0 Å². The minimum absolute atomic E-state index is 0.0503. The number of anilines is 1. The van der Waals surface area contributed by atoms with Gasteiger partial charge in [-0.2, -0.15) is 0 Å². The Morgan fingerprint density at radius 2 is 2.19 bits per heavy atom. The molecule has 2 aromatic heterocycles. The summed E-state index contributed by atoms with van der Waals surface area (Å²) in [5, 5.41) is 7.09. The average Bonchev–Trinajstić information content (AvgIpc) is 2.87. The Hall–Kier alpha value is -1.40. The zero-order valence-electron chi connectivity index (χ0n) is 12.4. The van der Waals surface area contributed by atoms with E-state index in [9.17, 15) is 4.79 Å². The third kappa shape index (κ3) is 3.83. The van der Waals surface area contributed by atoms with Crippen LogP contribution in [0.3, 0.4) is 0 Å². The predicted octanol–water partition coefficient (Wildman–Crippen LogP) is 3.23. The van der Waals surface area contributed by atoms with Gasteiger partial charge in [-0.15, -0.1) is 11.3 Å². The summed E-state index contributed by atoms with van der Waals surface area (Å²) in [6.45, 7) is 6.58. The van der Waals surface area contributed by atoms with E-state index >= 15 is 0 Å². The highest BCUT2D eigenvalue weighted by Gasteiger charge is 2.16. The monoisotopic (exact) mass is 326 g/mol. The van der Waals surface area contributed by atoms with Gasteiger partial charge in [-0.3, -0.25) is 4.79 Å². The van der Waals surface area contributed by atoms with Crippen molar-refractivity contribution >= 4 is 44.9 Å². The lowest BCUT2D eigenvalue weighted by molar-refractivity contribution is -0.121. The van der Waals surface area contributed by atoms with Crippen molar-refractivity contribution in [3.05, 3.63) is 16.2 Å². The number of nitrogens with zero attached hydrogens (tertiary/aromatic N) is 2. The highest BCUT2D eigenvalue weighted by molar-refractivity contribution is 7.18. The summed E-state index contributed by atoms with van der Waals surface area (Å²) in [7, 11) is 0. The van der Waals surface area contributed by atoms with Gasteiger partial charge in [0.25, 0.3) is 0 Å². The number of aryl methyl sites for hydroxylation is 1. The fourth-order valence-electron chi connectivity index (χ4n) is 1.90. The quantitative estimate of drug-likeness (QED) is 0.800. The molecule has 0 saturated heterocycles. The molecule has 0 aliphatic carbocycles. The second kappa shape index (κ2) is 7.04. The molecule has 1 amide bonds. The van der Waals surface area contributed by atoms with Gasteiger partial charge in [-0.25, -0.2) is 9.97 Å². The number of rotatable bonds is 6. The standard InChI is InChI=1S/C14H19ClN4OS/c1-4-6-16-12(20)8(3)17-11-10-7-9(5-2)21-13(10)19-14(15)18-11/h7-8H,4-6H2,1-3H3,(H,16,20)(H,17,18,19). The zero-order chi connectivity index (χ0) is 15.4. The Morgan fingerprint density at radius 1 is 1.43 bits per heavy atom. The topological polar surface area (TPSA) is 66.9 Å². The summed E-state index contributed by atoms with van der Waals surface area (Å²) in [5.74, 6) is 0.561. The Labute approximate surface area is 133 Å². The Bertz CT molecular complexity index is 643. The molecule has 0 spiro atoms. The van der Waals surface area contributed by atoms with Crippen molar-refractivity contribution in [2.24, 2.45) is 0 Å². The van der Waals surface area contributed by atoms with E-state index in [-0.39, 0.29) is 17.2 Å². The van der Waals surface area contributed by atoms with Gasteiger partial charge >= 0.3 is 0 Å². The summed E-state index contributed by atoms with van der Waals surface area (Å²) in [6.07, 6.45) is 1.84. The van der Waals surface area contributed by atoms with E-state index in [1.807, 2.05) is 6.92 Å². The highest BCUT2D eigenvalue weighted by atomic mass is 35.5. The summed E-state index contributed by atoms with van der Waals surface area (Å²) in [5.41, 5.74) is 0. The number of carbonyl (C=O) groups excluding carboxylic acids is 1. The van der Waals surface area contributed by atoms with E-state index in [4.69, 9.17) is 11.6 Å². The van der Waals surface area contributed by atoms with Crippen LogP contribution < -0.4 is 10.6 Å². The normalized spacial score (nSPS) is 12.4. The number of amides is 1. The van der Waals surface area contributed by atoms with Crippen molar-refractivity contribution in [2.45, 2.75) is 39.7 Å². The van der Waals surface area contributed by atoms with Crippen molar-refractivity contribution in [1.29, 1.82) is 0 Å². The zero-order valence-corrected chi connectivity index (χ0v) is 13.9. The molecule has 114 valence electrons. The van der Waals surface area contributed by atoms with E-state index in [1.165, 1.54) is 4.88 Å². The number of fused-ring (bicyclic) bond motifs is 1. The van der Waals surface area contributed by atoms with Crippen molar-refractivity contribution in [3.8, 4) is 0 Å². The first-order chi connectivity index (χ1) is 10.0. The fraction of sp³-hybridized carbons (Fsp3) is 0.500. The first-order valence-electron chi connectivity index (χ1n) is 7.05. The molecule has 0 saturated carbocycles. The van der Waals surface area contributed by atoms with Crippen LogP contribution in [0.5, 0.6) is 0 Å². The van der Waals surface area contributed by atoms with Gasteiger partial charge in [0.1, 0.15) is 16.7 Å². The number of nitrogens with one attached hydrogen (secondary N) is 2. The lowest BCUT2D eigenvalue weighted by atomic mass is 10.2. The maximum atomic E-state index is 11.9. The lowest BCUT2D eigenvalue weighted by Crippen LogP contribution is -2.38. The molecule has 2 aromatic rings. The van der Waals surface area contributed by atoms with Crippen LogP contribution in [-0.2, 0) is 11.2 Å². The number of hydrogen-bond donors (Lipinski definition) is 2. The fourth-order valence-corrected chi connectivity index (χ4v) is 3.09. The number of halogens is 1. The van der Waals surface area contributed by atoms with E-state index in [0.29, 0.717) is 12.4 Å². The van der Waals surface area contributed by atoms with Gasteiger partial charge in [-0.1, -0.05) is 13.8 Å².